The summed E-state index contributed by atoms with van der Waals surface area (Å²) in [6.07, 6.45) is 1.99. The van der Waals surface area contributed by atoms with Gasteiger partial charge in [0, 0.05) is 17.1 Å². The normalized spacial score (nSPS) is 10.2. The number of benzene rings is 1. The number of nitrogens with zero attached hydrogens (tertiary/aromatic N) is 1. The Kier molecular flexibility index (Phi) is 2.25. The quantitative estimate of drug-likeness (QED) is 0.555. The summed E-state index contributed by atoms with van der Waals surface area (Å²) in [4.78, 5) is 25.2. The van der Waals surface area contributed by atoms with Crippen LogP contribution in [0.3, 0.4) is 0 Å². The summed E-state index contributed by atoms with van der Waals surface area (Å²) >= 11 is 0. The molecule has 1 aromatic heterocycles. The lowest BCUT2D eigenvalue weighted by Crippen LogP contribution is -1.98. The second-order valence-electron chi connectivity index (χ2n) is 3.03. The number of fused-ring (bicyclic) bond motifs is 1. The van der Waals surface area contributed by atoms with Crippen LogP contribution in [0.1, 0.15) is 20.7 Å². The van der Waals surface area contributed by atoms with E-state index in [9.17, 15) is 14.0 Å². The molecule has 0 saturated carbocycles. The molecule has 0 saturated heterocycles. The maximum absolute atomic E-state index is 12.6. The largest absolute Gasteiger partial charge is 0.332 e. The van der Waals surface area contributed by atoms with Gasteiger partial charge in [0.15, 0.2) is 6.29 Å². The lowest BCUT2D eigenvalue weighted by molar-refractivity contribution is 0.0832. The first-order valence-electron chi connectivity index (χ1n) is 4.26. The highest BCUT2D eigenvalue weighted by Gasteiger charge is 2.11. The Bertz CT molecular complexity index is 551. The molecule has 15 heavy (non-hydrogen) atoms. The Hall–Kier alpha value is -2.10. The number of halogens is 1. The number of aldehydes is 1. The average molecular weight is 203 g/mol. The minimum Gasteiger partial charge on any atom is -0.298 e. The molecule has 0 N–H and O–H groups in total. The lowest BCUT2D eigenvalue weighted by atomic mass is 10.1. The molecule has 0 radical (unpaired) electrons. The molecule has 2 rings (SSSR count). The van der Waals surface area contributed by atoms with Gasteiger partial charge in [0.05, 0.1) is 11.1 Å². The molecular formula is C11H6FNO2. The van der Waals surface area contributed by atoms with E-state index >= 15 is 0 Å². The number of hydrogen-bond acceptors (Lipinski definition) is 3. The smallest absolute Gasteiger partial charge is 0.298 e. The number of hydrogen-bond donors (Lipinski definition) is 0. The van der Waals surface area contributed by atoms with Crippen molar-refractivity contribution in [3.63, 3.8) is 0 Å². The van der Waals surface area contributed by atoms with Crippen LogP contribution >= 0.6 is 0 Å². The fourth-order valence-electron chi connectivity index (χ4n) is 1.41. The Morgan fingerprint density at radius 3 is 2.87 bits per heavy atom. The van der Waals surface area contributed by atoms with Gasteiger partial charge in [-0.2, -0.15) is 4.39 Å². The van der Waals surface area contributed by atoms with E-state index in [4.69, 9.17) is 0 Å². The third-order valence-electron chi connectivity index (χ3n) is 2.11. The summed E-state index contributed by atoms with van der Waals surface area (Å²) in [7, 11) is 0. The van der Waals surface area contributed by atoms with E-state index in [1.165, 1.54) is 18.3 Å². The van der Waals surface area contributed by atoms with Gasteiger partial charge in [-0.15, -0.1) is 0 Å². The zero-order valence-electron chi connectivity index (χ0n) is 7.61. The molecule has 0 aliphatic heterocycles. The third-order valence-corrected chi connectivity index (χ3v) is 2.11. The van der Waals surface area contributed by atoms with Gasteiger partial charge in [-0.3, -0.25) is 14.6 Å². The topological polar surface area (TPSA) is 47.0 Å². The van der Waals surface area contributed by atoms with Gasteiger partial charge in [-0.05, 0) is 18.2 Å². The maximum atomic E-state index is 12.6. The van der Waals surface area contributed by atoms with Crippen LogP contribution < -0.4 is 0 Å². The molecular weight excluding hydrogens is 197 g/mol. The lowest BCUT2D eigenvalue weighted by Gasteiger charge is -2.01. The Labute approximate surface area is 84.6 Å². The molecule has 0 aliphatic carbocycles. The highest BCUT2D eigenvalue weighted by Crippen LogP contribution is 2.17. The summed E-state index contributed by atoms with van der Waals surface area (Å²) in [5.41, 5.74) is 0.295. The number of rotatable bonds is 2. The summed E-state index contributed by atoms with van der Waals surface area (Å²) in [5.74, 6) is 0. The van der Waals surface area contributed by atoms with Gasteiger partial charge in [-0.25, -0.2) is 0 Å². The van der Waals surface area contributed by atoms with E-state index < -0.39 is 6.04 Å². The molecule has 0 unspecified atom stereocenters. The molecule has 0 amide bonds. The van der Waals surface area contributed by atoms with E-state index in [2.05, 4.69) is 4.98 Å². The van der Waals surface area contributed by atoms with Crippen LogP contribution in [0.15, 0.2) is 30.5 Å². The van der Waals surface area contributed by atoms with Crippen molar-refractivity contribution in [3.8, 4) is 0 Å². The summed E-state index contributed by atoms with van der Waals surface area (Å²) < 4.78 is 12.6. The van der Waals surface area contributed by atoms with E-state index in [0.717, 1.165) is 0 Å². The summed E-state index contributed by atoms with van der Waals surface area (Å²) in [6, 6.07) is 4.55. The van der Waals surface area contributed by atoms with Crippen molar-refractivity contribution in [1.82, 2.24) is 4.98 Å². The first-order chi connectivity index (χ1) is 7.22. The number of carbonyl (C=O) groups is 2. The minimum atomic E-state index is -1.62. The van der Waals surface area contributed by atoms with Crippen LogP contribution in [0.4, 0.5) is 4.39 Å². The Balaban J connectivity index is 2.80. The van der Waals surface area contributed by atoms with E-state index in [1.807, 2.05) is 0 Å². The standard InChI is InChI=1S/C11H6FNO2/c12-11(15)9-5-10-7(2-1-3-13-10)4-8(9)6-14/h1-6H. The van der Waals surface area contributed by atoms with Crippen LogP contribution in [-0.2, 0) is 0 Å². The number of aromatic nitrogens is 1. The SMILES string of the molecule is O=Cc1cc2cccnc2cc1C(=O)F. The van der Waals surface area contributed by atoms with Crippen molar-refractivity contribution < 1.29 is 14.0 Å². The molecule has 0 atom stereocenters. The molecule has 0 bridgehead atoms. The van der Waals surface area contributed by atoms with Gasteiger partial charge in [0.2, 0.25) is 0 Å². The van der Waals surface area contributed by atoms with Crippen LogP contribution in [0.25, 0.3) is 10.9 Å². The van der Waals surface area contributed by atoms with Crippen molar-refractivity contribution >= 4 is 23.2 Å². The van der Waals surface area contributed by atoms with Crippen molar-refractivity contribution in [3.05, 3.63) is 41.6 Å². The first-order valence-corrected chi connectivity index (χ1v) is 4.26. The number of carbonyl (C=O) groups excluding carboxylic acids is 2. The van der Waals surface area contributed by atoms with E-state index in [-0.39, 0.29) is 11.1 Å². The van der Waals surface area contributed by atoms with Crippen molar-refractivity contribution in [2.45, 2.75) is 0 Å². The second kappa shape index (κ2) is 3.57. The predicted octanol–water partition coefficient (Wildman–Crippen LogP) is 2.16. The molecule has 0 fully saturated rings. The minimum absolute atomic E-state index is 0.0444. The van der Waals surface area contributed by atoms with Crippen LogP contribution in [0, 0.1) is 0 Å². The highest BCUT2D eigenvalue weighted by molar-refractivity contribution is 6.02. The van der Waals surface area contributed by atoms with Gasteiger partial charge in [0.25, 0.3) is 0 Å². The predicted molar refractivity (Wildman–Crippen MR) is 52.6 cm³/mol. The van der Waals surface area contributed by atoms with E-state index in [1.54, 1.807) is 12.1 Å². The van der Waals surface area contributed by atoms with Gasteiger partial charge in [0.1, 0.15) is 0 Å². The average Bonchev–Trinajstić information content (AvgIpc) is 2.27. The van der Waals surface area contributed by atoms with Crippen molar-refractivity contribution in [2.24, 2.45) is 0 Å². The van der Waals surface area contributed by atoms with Gasteiger partial charge < -0.3 is 0 Å². The molecule has 0 aliphatic rings. The molecule has 2 aromatic rings. The third kappa shape index (κ3) is 1.61. The number of pyridine rings is 1. The van der Waals surface area contributed by atoms with Crippen LogP contribution in [0.2, 0.25) is 0 Å². The van der Waals surface area contributed by atoms with Gasteiger partial charge in [-0.1, -0.05) is 6.07 Å². The molecule has 1 heterocycles. The second-order valence-corrected chi connectivity index (χ2v) is 3.03. The molecule has 4 heteroatoms. The fraction of sp³-hybridized carbons (Fsp3) is 0. The van der Waals surface area contributed by atoms with Crippen molar-refractivity contribution in [1.29, 1.82) is 0 Å². The highest BCUT2D eigenvalue weighted by atomic mass is 19.1. The van der Waals surface area contributed by atoms with Crippen molar-refractivity contribution in [2.75, 3.05) is 0 Å². The first kappa shape index (κ1) is 9.45. The van der Waals surface area contributed by atoms with Gasteiger partial charge >= 0.3 is 6.04 Å². The van der Waals surface area contributed by atoms with E-state index in [0.29, 0.717) is 17.2 Å². The molecule has 1 aromatic carbocycles. The monoisotopic (exact) mass is 203 g/mol. The summed E-state index contributed by atoms with van der Waals surface area (Å²) in [6.45, 7) is 0. The maximum Gasteiger partial charge on any atom is 0.332 e. The molecule has 74 valence electrons. The zero-order chi connectivity index (χ0) is 10.8. The molecule has 0 spiro atoms. The summed E-state index contributed by atoms with van der Waals surface area (Å²) in [5, 5.41) is 0.699. The molecule has 3 nitrogen and oxygen atoms in total. The van der Waals surface area contributed by atoms with Crippen LogP contribution in [0.5, 0.6) is 0 Å². The van der Waals surface area contributed by atoms with Crippen LogP contribution in [-0.4, -0.2) is 17.3 Å². The Morgan fingerprint density at radius 1 is 1.40 bits per heavy atom. The fourth-order valence-corrected chi connectivity index (χ4v) is 1.41. The zero-order valence-corrected chi connectivity index (χ0v) is 7.61. The Morgan fingerprint density at radius 2 is 2.20 bits per heavy atom.